The Morgan fingerprint density at radius 3 is 2.25 bits per heavy atom. The Labute approximate surface area is 94.0 Å². The minimum atomic E-state index is -4.13. The molecular formula is C12H19F3O. The van der Waals surface area contributed by atoms with Crippen LogP contribution < -0.4 is 0 Å². The van der Waals surface area contributed by atoms with Gasteiger partial charge in [0.25, 0.3) is 0 Å². The van der Waals surface area contributed by atoms with Gasteiger partial charge in [-0.05, 0) is 31.1 Å². The van der Waals surface area contributed by atoms with Crippen LogP contribution in [0.3, 0.4) is 0 Å². The second-order valence-electron chi connectivity index (χ2n) is 5.34. The summed E-state index contributed by atoms with van der Waals surface area (Å²) in [6.45, 7) is 0. The number of halogens is 3. The molecule has 1 nitrogen and oxygen atoms in total. The molecule has 0 radical (unpaired) electrons. The van der Waals surface area contributed by atoms with E-state index in [9.17, 15) is 18.3 Å². The first-order chi connectivity index (χ1) is 7.48. The second kappa shape index (κ2) is 4.55. The summed E-state index contributed by atoms with van der Waals surface area (Å²) in [5.41, 5.74) is 0. The van der Waals surface area contributed by atoms with Gasteiger partial charge in [0.15, 0.2) is 0 Å². The molecule has 4 heteroatoms. The van der Waals surface area contributed by atoms with Gasteiger partial charge in [0, 0.05) is 0 Å². The van der Waals surface area contributed by atoms with Crippen molar-refractivity contribution in [3.63, 3.8) is 0 Å². The predicted octanol–water partition coefficient (Wildman–Crippen LogP) is 3.52. The van der Waals surface area contributed by atoms with E-state index in [1.54, 1.807) is 0 Å². The van der Waals surface area contributed by atoms with Crippen LogP contribution in [-0.4, -0.2) is 17.4 Å². The molecule has 0 amide bonds. The minimum Gasteiger partial charge on any atom is -0.393 e. The number of alkyl halides is 3. The van der Waals surface area contributed by atoms with Crippen LogP contribution in [0.2, 0.25) is 0 Å². The maximum atomic E-state index is 12.8. The van der Waals surface area contributed by atoms with E-state index in [4.69, 9.17) is 0 Å². The molecule has 94 valence electrons. The summed E-state index contributed by atoms with van der Waals surface area (Å²) in [6.07, 6.45) is 0.108. The molecule has 0 spiro atoms. The van der Waals surface area contributed by atoms with Gasteiger partial charge in [-0.25, -0.2) is 0 Å². The Balaban J connectivity index is 1.97. The number of aliphatic hydroxyl groups is 1. The molecule has 2 aliphatic rings. The summed E-state index contributed by atoms with van der Waals surface area (Å²) in [5.74, 6) is -1.32. The van der Waals surface area contributed by atoms with Crippen LogP contribution in [0.15, 0.2) is 0 Å². The average molecular weight is 236 g/mol. The van der Waals surface area contributed by atoms with Crippen molar-refractivity contribution < 1.29 is 18.3 Å². The Hall–Kier alpha value is -0.250. The second-order valence-corrected chi connectivity index (χ2v) is 5.34. The van der Waals surface area contributed by atoms with Crippen molar-refractivity contribution in [3.05, 3.63) is 0 Å². The molecule has 0 bridgehead atoms. The lowest BCUT2D eigenvalue weighted by atomic mass is 9.74. The molecule has 0 aromatic rings. The maximum Gasteiger partial charge on any atom is 0.392 e. The monoisotopic (exact) mass is 236 g/mol. The van der Waals surface area contributed by atoms with Gasteiger partial charge >= 0.3 is 6.18 Å². The van der Waals surface area contributed by atoms with Gasteiger partial charge in [0.2, 0.25) is 0 Å². The van der Waals surface area contributed by atoms with Crippen molar-refractivity contribution >= 4 is 0 Å². The molecule has 0 aromatic heterocycles. The molecule has 2 saturated carbocycles. The van der Waals surface area contributed by atoms with E-state index < -0.39 is 24.1 Å². The minimum absolute atomic E-state index is 0.204. The third kappa shape index (κ3) is 2.90. The van der Waals surface area contributed by atoms with Crippen LogP contribution in [-0.2, 0) is 0 Å². The van der Waals surface area contributed by atoms with Gasteiger partial charge < -0.3 is 5.11 Å². The lowest BCUT2D eigenvalue weighted by Gasteiger charge is -2.36. The number of rotatable bonds is 3. The topological polar surface area (TPSA) is 20.2 Å². The fraction of sp³-hybridized carbons (Fsp3) is 1.00. The maximum absolute atomic E-state index is 12.8. The molecule has 2 aliphatic carbocycles. The molecule has 1 N–H and O–H groups in total. The van der Waals surface area contributed by atoms with E-state index in [-0.39, 0.29) is 6.42 Å². The van der Waals surface area contributed by atoms with Crippen LogP contribution in [0, 0.1) is 17.8 Å². The average Bonchev–Trinajstić information content (AvgIpc) is 3.00. The van der Waals surface area contributed by atoms with Crippen LogP contribution in [0.4, 0.5) is 13.2 Å². The van der Waals surface area contributed by atoms with E-state index in [2.05, 4.69) is 0 Å². The lowest BCUT2D eigenvalue weighted by Crippen LogP contribution is -2.39. The molecule has 2 rings (SSSR count). The first kappa shape index (κ1) is 12.2. The van der Waals surface area contributed by atoms with Crippen LogP contribution >= 0.6 is 0 Å². The first-order valence-corrected chi connectivity index (χ1v) is 6.23. The molecule has 0 saturated heterocycles. The summed E-state index contributed by atoms with van der Waals surface area (Å²) < 4.78 is 38.4. The van der Waals surface area contributed by atoms with E-state index in [0.29, 0.717) is 25.2 Å². The van der Waals surface area contributed by atoms with Crippen molar-refractivity contribution in [1.82, 2.24) is 0 Å². The highest BCUT2D eigenvalue weighted by atomic mass is 19.4. The summed E-state index contributed by atoms with van der Waals surface area (Å²) in [4.78, 5) is 0. The number of hydrogen-bond donors (Lipinski definition) is 1. The summed E-state index contributed by atoms with van der Waals surface area (Å²) in [5, 5.41) is 9.92. The molecule has 0 heterocycles. The first-order valence-electron chi connectivity index (χ1n) is 6.23. The molecule has 2 fully saturated rings. The Kier molecular flexibility index (Phi) is 3.48. The Bertz CT molecular complexity index is 235. The zero-order valence-electron chi connectivity index (χ0n) is 9.34. The quantitative estimate of drug-likeness (QED) is 0.795. The van der Waals surface area contributed by atoms with Crippen molar-refractivity contribution in [2.24, 2.45) is 17.8 Å². The normalized spacial score (nSPS) is 33.8. The summed E-state index contributed by atoms with van der Waals surface area (Å²) >= 11 is 0. The fourth-order valence-corrected chi connectivity index (χ4v) is 2.90. The lowest BCUT2D eigenvalue weighted by molar-refractivity contribution is -0.207. The third-order valence-electron chi connectivity index (χ3n) is 4.01. The fourth-order valence-electron chi connectivity index (χ4n) is 2.90. The van der Waals surface area contributed by atoms with Gasteiger partial charge in [0.1, 0.15) is 0 Å². The van der Waals surface area contributed by atoms with Crippen molar-refractivity contribution in [2.75, 3.05) is 0 Å². The highest BCUT2D eigenvalue weighted by Gasteiger charge is 2.48. The Morgan fingerprint density at radius 2 is 1.69 bits per heavy atom. The zero-order chi connectivity index (χ0) is 11.8. The standard InChI is InChI=1S/C12H19F3O/c13-12(14,15)10-4-2-1-3-9(10)11(16)7-8-5-6-8/h8-11,16H,1-7H2. The summed E-state index contributed by atoms with van der Waals surface area (Å²) in [6, 6.07) is 0. The SMILES string of the molecule is OC(CC1CC1)C1CCCCC1C(F)(F)F. The highest BCUT2D eigenvalue weighted by Crippen LogP contribution is 2.45. The molecule has 3 atom stereocenters. The van der Waals surface area contributed by atoms with Crippen LogP contribution in [0.25, 0.3) is 0 Å². The van der Waals surface area contributed by atoms with E-state index in [0.717, 1.165) is 19.3 Å². The molecule has 3 unspecified atom stereocenters. The number of aliphatic hydroxyl groups excluding tert-OH is 1. The number of hydrogen-bond acceptors (Lipinski definition) is 1. The summed E-state index contributed by atoms with van der Waals surface area (Å²) in [7, 11) is 0. The van der Waals surface area contributed by atoms with Crippen molar-refractivity contribution in [3.8, 4) is 0 Å². The Morgan fingerprint density at radius 1 is 1.06 bits per heavy atom. The highest BCUT2D eigenvalue weighted by molar-refractivity contribution is 4.87. The molecule has 0 aromatic carbocycles. The van der Waals surface area contributed by atoms with Crippen LogP contribution in [0.5, 0.6) is 0 Å². The zero-order valence-corrected chi connectivity index (χ0v) is 9.34. The van der Waals surface area contributed by atoms with Gasteiger partial charge in [-0.15, -0.1) is 0 Å². The van der Waals surface area contributed by atoms with E-state index in [1.807, 2.05) is 0 Å². The molecule has 0 aliphatic heterocycles. The van der Waals surface area contributed by atoms with Crippen molar-refractivity contribution in [1.29, 1.82) is 0 Å². The van der Waals surface area contributed by atoms with Gasteiger partial charge in [-0.2, -0.15) is 13.2 Å². The third-order valence-corrected chi connectivity index (χ3v) is 4.01. The van der Waals surface area contributed by atoms with Gasteiger partial charge in [0.05, 0.1) is 12.0 Å². The smallest absolute Gasteiger partial charge is 0.392 e. The van der Waals surface area contributed by atoms with Gasteiger partial charge in [-0.3, -0.25) is 0 Å². The van der Waals surface area contributed by atoms with Crippen LogP contribution in [0.1, 0.15) is 44.9 Å². The molecular weight excluding hydrogens is 217 g/mol. The predicted molar refractivity (Wildman–Crippen MR) is 54.9 cm³/mol. The van der Waals surface area contributed by atoms with E-state index in [1.165, 1.54) is 0 Å². The van der Waals surface area contributed by atoms with E-state index >= 15 is 0 Å². The molecule has 16 heavy (non-hydrogen) atoms. The van der Waals surface area contributed by atoms with Gasteiger partial charge in [-0.1, -0.05) is 25.7 Å². The largest absolute Gasteiger partial charge is 0.393 e. The van der Waals surface area contributed by atoms with Crippen molar-refractivity contribution in [2.45, 2.75) is 57.2 Å².